The number of nitrogens with two attached hydrogens (primary N) is 1. The predicted octanol–water partition coefficient (Wildman–Crippen LogP) is 5.21. The van der Waals surface area contributed by atoms with E-state index in [1.165, 1.54) is 41.3 Å². The zero-order valence-corrected chi connectivity index (χ0v) is 17.5. The molecule has 0 saturated carbocycles. The van der Waals surface area contributed by atoms with Crippen molar-refractivity contribution in [2.45, 2.75) is 33.9 Å². The summed E-state index contributed by atoms with van der Waals surface area (Å²) in [6.45, 7) is 7.03. The lowest BCUT2D eigenvalue weighted by molar-refractivity contribution is -0.137. The van der Waals surface area contributed by atoms with E-state index in [9.17, 15) is 22.8 Å². The SMILES string of the molecule is Cc1cc(C(=O)O)c(C)n1-c1ccccc1C(F)(F)F.Cc1ccc(C(N)=O)cc1C. The Kier molecular flexibility index (Phi) is 6.95. The van der Waals surface area contributed by atoms with E-state index in [2.05, 4.69) is 0 Å². The second-order valence-corrected chi connectivity index (χ2v) is 7.10. The molecule has 31 heavy (non-hydrogen) atoms. The van der Waals surface area contributed by atoms with Crippen LogP contribution in [-0.4, -0.2) is 21.6 Å². The van der Waals surface area contributed by atoms with Gasteiger partial charge in [0, 0.05) is 17.0 Å². The summed E-state index contributed by atoms with van der Waals surface area (Å²) in [5.74, 6) is -1.53. The van der Waals surface area contributed by atoms with Gasteiger partial charge < -0.3 is 15.4 Å². The van der Waals surface area contributed by atoms with Crippen LogP contribution in [0.3, 0.4) is 0 Å². The van der Waals surface area contributed by atoms with Crippen LogP contribution >= 0.6 is 0 Å². The van der Waals surface area contributed by atoms with E-state index in [4.69, 9.17) is 10.8 Å². The van der Waals surface area contributed by atoms with Crippen molar-refractivity contribution in [3.8, 4) is 5.69 Å². The minimum Gasteiger partial charge on any atom is -0.478 e. The summed E-state index contributed by atoms with van der Waals surface area (Å²) in [5, 5.41) is 9.04. The van der Waals surface area contributed by atoms with Crippen LogP contribution in [0.2, 0.25) is 0 Å². The number of primary amides is 1. The van der Waals surface area contributed by atoms with Crippen LogP contribution in [0.15, 0.2) is 48.5 Å². The molecule has 0 aliphatic heterocycles. The molecule has 0 radical (unpaired) electrons. The highest BCUT2D eigenvalue weighted by molar-refractivity contribution is 5.93. The van der Waals surface area contributed by atoms with Crippen LogP contribution in [0.1, 0.15) is 48.8 Å². The van der Waals surface area contributed by atoms with Gasteiger partial charge in [-0.05, 0) is 69.2 Å². The molecule has 0 atom stereocenters. The maximum atomic E-state index is 13.0. The lowest BCUT2D eigenvalue weighted by Gasteiger charge is -2.16. The molecular weight excluding hydrogens is 409 g/mol. The van der Waals surface area contributed by atoms with Gasteiger partial charge in [0.25, 0.3) is 0 Å². The van der Waals surface area contributed by atoms with Crippen LogP contribution in [-0.2, 0) is 6.18 Å². The number of hydrogen-bond donors (Lipinski definition) is 2. The van der Waals surface area contributed by atoms with Gasteiger partial charge in [-0.15, -0.1) is 0 Å². The molecule has 164 valence electrons. The zero-order valence-electron chi connectivity index (χ0n) is 17.5. The fourth-order valence-electron chi connectivity index (χ4n) is 3.15. The first-order valence-electron chi connectivity index (χ1n) is 9.30. The quantitative estimate of drug-likeness (QED) is 0.596. The van der Waals surface area contributed by atoms with Crippen molar-refractivity contribution < 1.29 is 27.9 Å². The number of carbonyl (C=O) groups excluding carboxylic acids is 1. The number of halogens is 3. The smallest absolute Gasteiger partial charge is 0.418 e. The van der Waals surface area contributed by atoms with Gasteiger partial charge in [-0.25, -0.2) is 4.79 Å². The van der Waals surface area contributed by atoms with Crippen LogP contribution in [0, 0.1) is 27.7 Å². The van der Waals surface area contributed by atoms with Crippen LogP contribution in [0.25, 0.3) is 5.69 Å². The van der Waals surface area contributed by atoms with Gasteiger partial charge in [-0.3, -0.25) is 4.79 Å². The molecule has 1 amide bonds. The number of aromatic nitrogens is 1. The number of rotatable bonds is 3. The number of alkyl halides is 3. The molecule has 0 bridgehead atoms. The monoisotopic (exact) mass is 432 g/mol. The fourth-order valence-corrected chi connectivity index (χ4v) is 3.15. The van der Waals surface area contributed by atoms with Gasteiger partial charge in [0.1, 0.15) is 0 Å². The van der Waals surface area contributed by atoms with E-state index in [1.807, 2.05) is 19.9 Å². The Labute approximate surface area is 177 Å². The number of para-hydroxylation sites is 1. The maximum Gasteiger partial charge on any atom is 0.418 e. The lowest BCUT2D eigenvalue weighted by Crippen LogP contribution is -2.12. The molecule has 0 aliphatic carbocycles. The number of aromatic carboxylic acids is 1. The molecular formula is C23H23F3N2O3. The van der Waals surface area contributed by atoms with Crippen molar-refractivity contribution in [2.24, 2.45) is 5.73 Å². The van der Waals surface area contributed by atoms with Gasteiger partial charge in [0.15, 0.2) is 0 Å². The third-order valence-corrected chi connectivity index (χ3v) is 4.90. The van der Waals surface area contributed by atoms with E-state index in [0.29, 0.717) is 11.3 Å². The largest absolute Gasteiger partial charge is 0.478 e. The Morgan fingerprint density at radius 2 is 1.55 bits per heavy atom. The van der Waals surface area contributed by atoms with E-state index >= 15 is 0 Å². The maximum absolute atomic E-state index is 13.0. The van der Waals surface area contributed by atoms with Crippen molar-refractivity contribution in [2.75, 3.05) is 0 Å². The number of carboxylic acids is 1. The number of nitrogens with zero attached hydrogens (tertiary/aromatic N) is 1. The first-order valence-corrected chi connectivity index (χ1v) is 9.30. The van der Waals surface area contributed by atoms with Crippen molar-refractivity contribution in [1.29, 1.82) is 0 Å². The molecule has 3 rings (SSSR count). The highest BCUT2D eigenvalue weighted by Crippen LogP contribution is 2.35. The van der Waals surface area contributed by atoms with Gasteiger partial charge >= 0.3 is 12.1 Å². The molecule has 0 fully saturated rings. The Bertz CT molecular complexity index is 1130. The number of carboxylic acid groups (broad SMARTS) is 1. The van der Waals surface area contributed by atoms with Gasteiger partial charge in [0.05, 0.1) is 16.8 Å². The first-order chi connectivity index (χ1) is 14.3. The van der Waals surface area contributed by atoms with E-state index in [-0.39, 0.29) is 22.9 Å². The zero-order chi connectivity index (χ0) is 23.5. The van der Waals surface area contributed by atoms with Crippen LogP contribution < -0.4 is 5.73 Å². The third kappa shape index (κ3) is 5.33. The standard InChI is InChI=1S/C14H12F3NO2.C9H11NO/c1-8-7-10(13(19)20)9(2)18(8)12-6-4-3-5-11(12)14(15,16)17;1-6-3-4-8(9(10)11)5-7(6)2/h3-7H,1-2H3,(H,19,20);3-5H,1-2H3,(H2,10,11). The van der Waals surface area contributed by atoms with E-state index < -0.39 is 17.7 Å². The third-order valence-electron chi connectivity index (χ3n) is 4.90. The van der Waals surface area contributed by atoms with Crippen molar-refractivity contribution in [1.82, 2.24) is 4.57 Å². The second kappa shape index (κ2) is 9.07. The van der Waals surface area contributed by atoms with Crippen molar-refractivity contribution >= 4 is 11.9 Å². The minimum atomic E-state index is -4.50. The minimum absolute atomic E-state index is 0.000484. The Morgan fingerprint density at radius 1 is 0.935 bits per heavy atom. The Balaban J connectivity index is 0.000000262. The summed E-state index contributed by atoms with van der Waals surface area (Å²) < 4.78 is 40.4. The second-order valence-electron chi connectivity index (χ2n) is 7.10. The number of benzene rings is 2. The average molecular weight is 432 g/mol. The Hall–Kier alpha value is -3.55. The average Bonchev–Trinajstić information content (AvgIpc) is 2.98. The normalized spacial score (nSPS) is 10.9. The van der Waals surface area contributed by atoms with Crippen molar-refractivity contribution in [3.63, 3.8) is 0 Å². The van der Waals surface area contributed by atoms with Crippen LogP contribution in [0.5, 0.6) is 0 Å². The summed E-state index contributed by atoms with van der Waals surface area (Å²) in [6, 6.07) is 11.9. The molecule has 0 unspecified atom stereocenters. The van der Waals surface area contributed by atoms with Gasteiger partial charge in [0.2, 0.25) is 5.91 Å². The molecule has 5 nitrogen and oxygen atoms in total. The molecule has 1 aromatic heterocycles. The first kappa shape index (κ1) is 23.7. The van der Waals surface area contributed by atoms with E-state index in [0.717, 1.165) is 11.6 Å². The van der Waals surface area contributed by atoms with Crippen molar-refractivity contribution in [3.05, 3.63) is 87.7 Å². The summed E-state index contributed by atoms with van der Waals surface area (Å²) in [4.78, 5) is 21.8. The van der Waals surface area contributed by atoms with E-state index in [1.54, 1.807) is 19.1 Å². The highest BCUT2D eigenvalue weighted by atomic mass is 19.4. The molecule has 2 aromatic carbocycles. The molecule has 0 saturated heterocycles. The summed E-state index contributed by atoms with van der Waals surface area (Å²) in [7, 11) is 0. The summed E-state index contributed by atoms with van der Waals surface area (Å²) >= 11 is 0. The molecule has 0 spiro atoms. The number of carbonyl (C=O) groups is 2. The topological polar surface area (TPSA) is 85.3 Å². The fraction of sp³-hybridized carbons (Fsp3) is 0.217. The molecule has 8 heteroatoms. The predicted molar refractivity (Wildman–Crippen MR) is 112 cm³/mol. The Morgan fingerprint density at radius 3 is 2.03 bits per heavy atom. The van der Waals surface area contributed by atoms with Crippen LogP contribution in [0.4, 0.5) is 13.2 Å². The van der Waals surface area contributed by atoms with Gasteiger partial charge in [-0.1, -0.05) is 18.2 Å². The summed E-state index contributed by atoms with van der Waals surface area (Å²) in [6.07, 6.45) is -4.50. The molecule has 3 N–H and O–H groups in total. The lowest BCUT2D eigenvalue weighted by atomic mass is 10.1. The molecule has 3 aromatic rings. The van der Waals surface area contributed by atoms with Gasteiger partial charge in [-0.2, -0.15) is 13.2 Å². The molecule has 1 heterocycles. The molecule has 0 aliphatic rings. The summed E-state index contributed by atoms with van der Waals surface area (Å²) in [5.41, 5.74) is 7.80. The number of aryl methyl sites for hydroxylation is 3. The highest BCUT2D eigenvalue weighted by Gasteiger charge is 2.34. The number of amides is 1. The number of hydrogen-bond acceptors (Lipinski definition) is 2.